The number of rotatable bonds is 4. The van der Waals surface area contributed by atoms with Gasteiger partial charge in [-0.15, -0.1) is 0 Å². The Labute approximate surface area is 151 Å². The molecule has 1 aromatic heterocycles. The molecule has 0 fully saturated rings. The Kier molecular flexibility index (Phi) is 5.18. The number of furan rings is 1. The molecule has 3 aromatic rings. The van der Waals surface area contributed by atoms with Crippen LogP contribution < -0.4 is 10.6 Å². The summed E-state index contributed by atoms with van der Waals surface area (Å²) in [4.78, 5) is 0. The summed E-state index contributed by atoms with van der Waals surface area (Å²) in [7, 11) is 0. The number of nitrogens with one attached hydrogen (secondary N) is 2. The lowest BCUT2D eigenvalue weighted by atomic mass is 10.1. The molecule has 5 heteroatoms. The molecule has 0 aliphatic carbocycles. The van der Waals surface area contributed by atoms with E-state index in [2.05, 4.69) is 10.6 Å². The molecule has 0 spiro atoms. The Morgan fingerprint density at radius 3 is 2.54 bits per heavy atom. The molecule has 2 N–H and O–H groups in total. The molecule has 0 amide bonds. The fourth-order valence-corrected chi connectivity index (χ4v) is 2.85. The van der Waals surface area contributed by atoms with Crippen molar-refractivity contribution in [2.75, 3.05) is 5.32 Å². The third kappa shape index (κ3) is 3.78. The second-order valence-electron chi connectivity index (χ2n) is 5.37. The van der Waals surface area contributed by atoms with Gasteiger partial charge in [-0.3, -0.25) is 0 Å². The van der Waals surface area contributed by atoms with Crippen molar-refractivity contribution < 1.29 is 4.42 Å². The predicted molar refractivity (Wildman–Crippen MR) is 103 cm³/mol. The molecular formula is C19H17ClN2OS. The lowest BCUT2D eigenvalue weighted by molar-refractivity contribution is 0.476. The molecule has 0 aliphatic heterocycles. The standard InChI is InChI=1S/C19H17ClN2OS/c1-13-15(20)9-5-10-16(13)21-19(24)22-18(17-11-6-12-23-17)14-7-3-2-4-8-14/h2-12,18H,1H3,(H2,21,22,24)/t18-/m1/s1. The Bertz CT molecular complexity index is 819. The van der Waals surface area contributed by atoms with E-state index < -0.39 is 0 Å². The highest BCUT2D eigenvalue weighted by Crippen LogP contribution is 2.25. The Morgan fingerprint density at radius 1 is 1.04 bits per heavy atom. The maximum Gasteiger partial charge on any atom is 0.171 e. The summed E-state index contributed by atoms with van der Waals surface area (Å²) in [6.07, 6.45) is 1.66. The predicted octanol–water partition coefficient (Wildman–Crippen LogP) is 5.32. The molecule has 3 nitrogen and oxygen atoms in total. The maximum atomic E-state index is 6.16. The Hall–Kier alpha value is -2.30. The normalized spacial score (nSPS) is 11.8. The van der Waals surface area contributed by atoms with Gasteiger partial charge < -0.3 is 15.1 Å². The summed E-state index contributed by atoms with van der Waals surface area (Å²) in [5, 5.41) is 7.73. The second kappa shape index (κ2) is 7.51. The van der Waals surface area contributed by atoms with Crippen molar-refractivity contribution in [2.45, 2.75) is 13.0 Å². The summed E-state index contributed by atoms with van der Waals surface area (Å²) in [5.74, 6) is 0.799. The number of hydrogen-bond donors (Lipinski definition) is 2. The fourth-order valence-electron chi connectivity index (χ4n) is 2.45. The van der Waals surface area contributed by atoms with Crippen LogP contribution in [0.2, 0.25) is 5.02 Å². The Morgan fingerprint density at radius 2 is 1.83 bits per heavy atom. The first-order valence-electron chi connectivity index (χ1n) is 7.56. The van der Waals surface area contributed by atoms with Crippen molar-refractivity contribution >= 4 is 34.6 Å². The van der Waals surface area contributed by atoms with E-state index in [4.69, 9.17) is 28.2 Å². The van der Waals surface area contributed by atoms with Gasteiger partial charge >= 0.3 is 0 Å². The SMILES string of the molecule is Cc1c(Cl)cccc1NC(=S)N[C@H](c1ccccc1)c1ccco1. The first-order valence-corrected chi connectivity index (χ1v) is 8.35. The van der Waals surface area contributed by atoms with Crippen molar-refractivity contribution in [3.63, 3.8) is 0 Å². The van der Waals surface area contributed by atoms with Crippen LogP contribution in [0, 0.1) is 6.92 Å². The Balaban J connectivity index is 1.80. The number of hydrogen-bond acceptors (Lipinski definition) is 2. The van der Waals surface area contributed by atoms with Crippen molar-refractivity contribution in [1.82, 2.24) is 5.32 Å². The van der Waals surface area contributed by atoms with E-state index in [9.17, 15) is 0 Å². The number of benzene rings is 2. The third-order valence-electron chi connectivity index (χ3n) is 3.75. The molecule has 0 radical (unpaired) electrons. The first-order chi connectivity index (χ1) is 11.6. The van der Waals surface area contributed by atoms with E-state index in [0.717, 1.165) is 22.6 Å². The van der Waals surface area contributed by atoms with E-state index in [1.165, 1.54) is 0 Å². The molecule has 2 aromatic carbocycles. The zero-order valence-electron chi connectivity index (χ0n) is 13.1. The molecular weight excluding hydrogens is 340 g/mol. The summed E-state index contributed by atoms with van der Waals surface area (Å²) in [6, 6.07) is 19.4. The van der Waals surface area contributed by atoms with Crippen LogP contribution in [0.5, 0.6) is 0 Å². The molecule has 3 rings (SSSR count). The molecule has 0 bridgehead atoms. The van der Waals surface area contributed by atoms with Gasteiger partial charge in [0.05, 0.1) is 6.26 Å². The minimum absolute atomic E-state index is 0.166. The average molecular weight is 357 g/mol. The summed E-state index contributed by atoms with van der Waals surface area (Å²) >= 11 is 11.6. The van der Waals surface area contributed by atoms with Crippen LogP contribution in [0.1, 0.15) is 22.9 Å². The lowest BCUT2D eigenvalue weighted by Gasteiger charge is -2.20. The van der Waals surface area contributed by atoms with Crippen molar-refractivity contribution in [3.8, 4) is 0 Å². The number of halogens is 1. The van der Waals surface area contributed by atoms with Crippen molar-refractivity contribution in [3.05, 3.63) is 88.8 Å². The number of anilines is 1. The van der Waals surface area contributed by atoms with Gasteiger partial charge in [-0.1, -0.05) is 48.0 Å². The van der Waals surface area contributed by atoms with Crippen LogP contribution in [0.15, 0.2) is 71.3 Å². The van der Waals surface area contributed by atoms with Crippen LogP contribution in [0.4, 0.5) is 5.69 Å². The zero-order chi connectivity index (χ0) is 16.9. The quantitative estimate of drug-likeness (QED) is 0.620. The van der Waals surface area contributed by atoms with Gasteiger partial charge in [-0.25, -0.2) is 0 Å². The number of thiocarbonyl (C=S) groups is 1. The van der Waals surface area contributed by atoms with Gasteiger partial charge in [-0.05, 0) is 54.5 Å². The summed E-state index contributed by atoms with van der Waals surface area (Å²) < 4.78 is 5.57. The lowest BCUT2D eigenvalue weighted by Crippen LogP contribution is -2.33. The van der Waals surface area contributed by atoms with Crippen LogP contribution in [-0.2, 0) is 0 Å². The topological polar surface area (TPSA) is 37.2 Å². The van der Waals surface area contributed by atoms with E-state index in [0.29, 0.717) is 10.1 Å². The van der Waals surface area contributed by atoms with Crippen molar-refractivity contribution in [1.29, 1.82) is 0 Å². The smallest absolute Gasteiger partial charge is 0.171 e. The van der Waals surface area contributed by atoms with E-state index in [1.807, 2.05) is 67.6 Å². The average Bonchev–Trinajstić information content (AvgIpc) is 3.12. The molecule has 0 saturated carbocycles. The van der Waals surface area contributed by atoms with Crippen LogP contribution in [0.25, 0.3) is 0 Å². The molecule has 24 heavy (non-hydrogen) atoms. The van der Waals surface area contributed by atoms with E-state index in [-0.39, 0.29) is 6.04 Å². The van der Waals surface area contributed by atoms with E-state index in [1.54, 1.807) is 6.26 Å². The third-order valence-corrected chi connectivity index (χ3v) is 4.38. The van der Waals surface area contributed by atoms with Gasteiger partial charge in [0.15, 0.2) is 5.11 Å². The summed E-state index contributed by atoms with van der Waals surface area (Å²) in [6.45, 7) is 1.95. The molecule has 0 unspecified atom stereocenters. The van der Waals surface area contributed by atoms with Gasteiger partial charge in [0.1, 0.15) is 11.8 Å². The fraction of sp³-hybridized carbons (Fsp3) is 0.105. The second-order valence-corrected chi connectivity index (χ2v) is 6.19. The van der Waals surface area contributed by atoms with Crippen LogP contribution >= 0.6 is 23.8 Å². The van der Waals surface area contributed by atoms with Crippen molar-refractivity contribution in [2.24, 2.45) is 0 Å². The summed E-state index contributed by atoms with van der Waals surface area (Å²) in [5.41, 5.74) is 2.91. The highest BCUT2D eigenvalue weighted by Gasteiger charge is 2.18. The van der Waals surface area contributed by atoms with Gasteiger partial charge in [0.25, 0.3) is 0 Å². The van der Waals surface area contributed by atoms with Gasteiger partial charge in [-0.2, -0.15) is 0 Å². The molecule has 0 saturated heterocycles. The van der Waals surface area contributed by atoms with Gasteiger partial charge in [0.2, 0.25) is 0 Å². The molecule has 1 heterocycles. The minimum Gasteiger partial charge on any atom is -0.467 e. The largest absolute Gasteiger partial charge is 0.467 e. The highest BCUT2D eigenvalue weighted by molar-refractivity contribution is 7.80. The van der Waals surface area contributed by atoms with E-state index >= 15 is 0 Å². The maximum absolute atomic E-state index is 6.16. The van der Waals surface area contributed by atoms with Gasteiger partial charge in [0, 0.05) is 10.7 Å². The monoisotopic (exact) mass is 356 g/mol. The molecule has 0 aliphatic rings. The highest BCUT2D eigenvalue weighted by atomic mass is 35.5. The zero-order valence-corrected chi connectivity index (χ0v) is 14.7. The minimum atomic E-state index is -0.166. The first kappa shape index (κ1) is 16.6. The molecule has 122 valence electrons. The molecule has 1 atom stereocenters. The van der Waals surface area contributed by atoms with Crippen LogP contribution in [0.3, 0.4) is 0 Å². The van der Waals surface area contributed by atoms with Crippen LogP contribution in [-0.4, -0.2) is 5.11 Å².